The Morgan fingerprint density at radius 2 is 2.07 bits per heavy atom. The lowest BCUT2D eigenvalue weighted by molar-refractivity contribution is -0.140. The van der Waals surface area contributed by atoms with E-state index in [1.807, 2.05) is 0 Å². The van der Waals surface area contributed by atoms with Crippen LogP contribution >= 0.6 is 11.8 Å². The number of alkyl halides is 3. The Bertz CT molecular complexity index is 988. The van der Waals surface area contributed by atoms with Crippen molar-refractivity contribution in [2.45, 2.75) is 18.3 Å². The zero-order valence-corrected chi connectivity index (χ0v) is 14.8. The molecule has 6 nitrogen and oxygen atoms in total. The molecule has 1 N–H and O–H groups in total. The maximum atomic E-state index is 12.8. The van der Waals surface area contributed by atoms with Crippen molar-refractivity contribution in [2.75, 3.05) is 12.4 Å². The van der Waals surface area contributed by atoms with Gasteiger partial charge in [0.1, 0.15) is 11.4 Å². The normalized spacial score (nSPS) is 11.7. The van der Waals surface area contributed by atoms with Crippen LogP contribution in [0.4, 0.5) is 13.2 Å². The molecule has 0 fully saturated rings. The van der Waals surface area contributed by atoms with Gasteiger partial charge < -0.3 is 9.84 Å². The van der Waals surface area contributed by atoms with E-state index in [0.29, 0.717) is 16.7 Å². The molecule has 2 aromatic heterocycles. The van der Waals surface area contributed by atoms with Crippen LogP contribution in [-0.2, 0) is 15.7 Å². The predicted octanol–water partition coefficient (Wildman–Crippen LogP) is 3.78. The maximum Gasteiger partial charge on any atom is 0.416 e. The van der Waals surface area contributed by atoms with Gasteiger partial charge in [0.15, 0.2) is 5.16 Å². The Morgan fingerprint density at radius 1 is 1.30 bits per heavy atom. The molecule has 0 aliphatic heterocycles. The molecule has 3 rings (SSSR count). The van der Waals surface area contributed by atoms with Crippen LogP contribution in [0.25, 0.3) is 16.8 Å². The van der Waals surface area contributed by atoms with Crippen molar-refractivity contribution in [1.82, 2.24) is 14.6 Å². The summed E-state index contributed by atoms with van der Waals surface area (Å²) in [6, 6.07) is 6.08. The van der Waals surface area contributed by atoms with E-state index in [1.165, 1.54) is 0 Å². The first-order valence-electron chi connectivity index (χ1n) is 7.84. The van der Waals surface area contributed by atoms with Crippen molar-refractivity contribution in [2.24, 2.45) is 0 Å². The highest BCUT2D eigenvalue weighted by atomic mass is 32.2. The minimum absolute atomic E-state index is 0.0423. The number of benzene rings is 1. The number of thioether (sulfide) groups is 1. The fourth-order valence-electron chi connectivity index (χ4n) is 2.46. The van der Waals surface area contributed by atoms with Gasteiger partial charge in [-0.1, -0.05) is 11.8 Å². The van der Waals surface area contributed by atoms with Crippen molar-refractivity contribution >= 4 is 23.2 Å². The quantitative estimate of drug-likeness (QED) is 0.522. The Kier molecular flexibility index (Phi) is 5.26. The minimum atomic E-state index is -4.56. The van der Waals surface area contributed by atoms with Crippen LogP contribution in [0.5, 0.6) is 5.75 Å². The molecule has 10 heteroatoms. The largest absolute Gasteiger partial charge is 0.507 e. The second-order valence-corrected chi connectivity index (χ2v) is 6.36. The van der Waals surface area contributed by atoms with E-state index in [2.05, 4.69) is 10.2 Å². The third-order valence-electron chi connectivity index (χ3n) is 3.64. The number of esters is 1. The molecule has 0 aliphatic rings. The summed E-state index contributed by atoms with van der Waals surface area (Å²) in [4.78, 5) is 11.5. The third kappa shape index (κ3) is 4.00. The molecule has 0 amide bonds. The number of carbonyl (C=O) groups is 1. The molecule has 142 valence electrons. The van der Waals surface area contributed by atoms with E-state index in [9.17, 15) is 23.1 Å². The Labute approximate surface area is 156 Å². The summed E-state index contributed by atoms with van der Waals surface area (Å²) < 4.78 is 44.8. The predicted molar refractivity (Wildman–Crippen MR) is 92.4 cm³/mol. The molecule has 0 saturated carbocycles. The summed E-state index contributed by atoms with van der Waals surface area (Å²) in [5.74, 6) is -0.899. The van der Waals surface area contributed by atoms with Crippen LogP contribution in [0.15, 0.2) is 41.7 Å². The fourth-order valence-corrected chi connectivity index (χ4v) is 3.18. The molecule has 0 saturated heterocycles. The van der Waals surface area contributed by atoms with Gasteiger partial charge in [-0.3, -0.25) is 9.20 Å². The number of hydrogen-bond acceptors (Lipinski definition) is 6. The maximum absolute atomic E-state index is 12.8. The summed E-state index contributed by atoms with van der Waals surface area (Å²) in [6.07, 6.45) is -2.87. The van der Waals surface area contributed by atoms with Gasteiger partial charge in [-0.2, -0.15) is 13.2 Å². The van der Waals surface area contributed by atoms with E-state index in [4.69, 9.17) is 4.74 Å². The summed E-state index contributed by atoms with van der Waals surface area (Å²) in [7, 11) is 0. The number of aromatic hydroxyl groups is 1. The molecule has 2 heterocycles. The Morgan fingerprint density at radius 3 is 2.74 bits per heavy atom. The van der Waals surface area contributed by atoms with Crippen molar-refractivity contribution in [3.63, 3.8) is 0 Å². The topological polar surface area (TPSA) is 76.7 Å². The number of nitrogens with zero attached hydrogens (tertiary/aromatic N) is 3. The van der Waals surface area contributed by atoms with E-state index in [-0.39, 0.29) is 23.6 Å². The smallest absolute Gasteiger partial charge is 0.416 e. The minimum Gasteiger partial charge on any atom is -0.507 e. The lowest BCUT2D eigenvalue weighted by Gasteiger charge is -2.11. The standard InChI is InChI=1S/C17H14F3N3O3S/c1-2-26-14(25)9-27-16-22-21-15(12-4-3-7-23(12)16)11-6-5-10(8-13(11)24)17(18,19)20/h3-8,24H,2,9H2,1H3. The second-order valence-electron chi connectivity index (χ2n) is 5.42. The summed E-state index contributed by atoms with van der Waals surface area (Å²) >= 11 is 1.12. The number of halogens is 3. The fraction of sp³-hybridized carbons (Fsp3) is 0.235. The van der Waals surface area contributed by atoms with Gasteiger partial charge in [-0.15, -0.1) is 10.2 Å². The lowest BCUT2D eigenvalue weighted by Crippen LogP contribution is -2.08. The molecule has 0 bridgehead atoms. The van der Waals surface area contributed by atoms with Crippen molar-refractivity contribution in [3.8, 4) is 17.0 Å². The van der Waals surface area contributed by atoms with E-state index >= 15 is 0 Å². The van der Waals surface area contributed by atoms with Crippen LogP contribution in [0.2, 0.25) is 0 Å². The number of ether oxygens (including phenoxy) is 1. The average Bonchev–Trinajstić information content (AvgIpc) is 3.09. The van der Waals surface area contributed by atoms with Crippen LogP contribution in [0, 0.1) is 0 Å². The number of aromatic nitrogens is 3. The molecule has 0 atom stereocenters. The van der Waals surface area contributed by atoms with Gasteiger partial charge in [-0.05, 0) is 37.3 Å². The van der Waals surface area contributed by atoms with Gasteiger partial charge in [-0.25, -0.2) is 0 Å². The first-order valence-corrected chi connectivity index (χ1v) is 8.82. The molecule has 0 spiro atoms. The summed E-state index contributed by atoms with van der Waals surface area (Å²) in [5.41, 5.74) is -0.0657. The number of fused-ring (bicyclic) bond motifs is 1. The molecule has 1 aromatic carbocycles. The monoisotopic (exact) mass is 397 g/mol. The number of rotatable bonds is 5. The van der Waals surface area contributed by atoms with E-state index < -0.39 is 23.5 Å². The number of hydrogen-bond donors (Lipinski definition) is 1. The third-order valence-corrected chi connectivity index (χ3v) is 4.55. The van der Waals surface area contributed by atoms with Crippen LogP contribution in [0.1, 0.15) is 12.5 Å². The zero-order valence-electron chi connectivity index (χ0n) is 14.0. The molecule has 0 radical (unpaired) electrons. The van der Waals surface area contributed by atoms with Crippen LogP contribution in [-0.4, -0.2) is 38.0 Å². The molecule has 0 aliphatic carbocycles. The van der Waals surface area contributed by atoms with E-state index in [0.717, 1.165) is 23.9 Å². The molecule has 3 aromatic rings. The van der Waals surface area contributed by atoms with Gasteiger partial charge in [0.25, 0.3) is 0 Å². The number of phenolic OH excluding ortho intramolecular Hbond substituents is 1. The highest BCUT2D eigenvalue weighted by molar-refractivity contribution is 7.99. The average molecular weight is 397 g/mol. The second kappa shape index (κ2) is 7.47. The van der Waals surface area contributed by atoms with Crippen molar-refractivity contribution < 1.29 is 27.8 Å². The molecular weight excluding hydrogens is 383 g/mol. The first-order chi connectivity index (χ1) is 12.8. The number of phenols is 1. The van der Waals surface area contributed by atoms with Crippen LogP contribution in [0.3, 0.4) is 0 Å². The highest BCUT2D eigenvalue weighted by Gasteiger charge is 2.31. The molecule has 0 unspecified atom stereocenters. The van der Waals surface area contributed by atoms with Gasteiger partial charge in [0.05, 0.1) is 23.4 Å². The van der Waals surface area contributed by atoms with E-state index in [1.54, 1.807) is 29.7 Å². The van der Waals surface area contributed by atoms with Gasteiger partial charge >= 0.3 is 12.1 Å². The zero-order chi connectivity index (χ0) is 19.6. The highest BCUT2D eigenvalue weighted by Crippen LogP contribution is 2.37. The first kappa shape index (κ1) is 19.0. The lowest BCUT2D eigenvalue weighted by atomic mass is 10.1. The van der Waals surface area contributed by atoms with Gasteiger partial charge in [0, 0.05) is 11.8 Å². The molecule has 27 heavy (non-hydrogen) atoms. The van der Waals surface area contributed by atoms with Crippen LogP contribution < -0.4 is 0 Å². The summed E-state index contributed by atoms with van der Waals surface area (Å²) in [6.45, 7) is 1.98. The SMILES string of the molecule is CCOC(=O)CSc1nnc(-c2ccc(C(F)(F)F)cc2O)c2cccn12. The Balaban J connectivity index is 1.97. The van der Waals surface area contributed by atoms with Crippen molar-refractivity contribution in [3.05, 3.63) is 42.1 Å². The summed E-state index contributed by atoms with van der Waals surface area (Å²) in [5, 5.41) is 18.6. The molecular formula is C17H14F3N3O3S. The van der Waals surface area contributed by atoms with Gasteiger partial charge in [0.2, 0.25) is 0 Å². The number of carbonyl (C=O) groups excluding carboxylic acids is 1. The Hall–Kier alpha value is -2.75. The van der Waals surface area contributed by atoms with Crippen molar-refractivity contribution in [1.29, 1.82) is 0 Å².